The first-order valence-corrected chi connectivity index (χ1v) is 15.5. The number of amides is 6. The SMILES string of the molecule is CC=CNC(=O)[C@H]1NC(=O)[C@@H](CC(N)=O)NC(=O)[C@@H](NC(=O)C(=O)[C@@H](C)CC)Cc2ccc(O)c(c2)-c2cccc3c2NC(=O)[C@@]3(O)[C@@H]1O. The summed E-state index contributed by atoms with van der Waals surface area (Å²) < 4.78 is 0. The van der Waals surface area contributed by atoms with Crippen molar-refractivity contribution in [3.63, 3.8) is 0 Å². The third kappa shape index (κ3) is 7.29. The van der Waals surface area contributed by atoms with Gasteiger partial charge in [-0.1, -0.05) is 44.2 Å². The molecule has 0 aliphatic carbocycles. The zero-order chi connectivity index (χ0) is 36.2. The number of phenols is 1. The van der Waals surface area contributed by atoms with Crippen LogP contribution in [-0.4, -0.2) is 80.8 Å². The summed E-state index contributed by atoms with van der Waals surface area (Å²) in [5, 5.41) is 46.0. The molecule has 2 heterocycles. The van der Waals surface area contributed by atoms with Gasteiger partial charge in [-0.05, 0) is 37.2 Å². The predicted molar refractivity (Wildman–Crippen MR) is 173 cm³/mol. The molecule has 4 rings (SSSR count). The molecule has 6 atom stereocenters. The molecule has 2 aromatic carbocycles. The van der Waals surface area contributed by atoms with Crippen molar-refractivity contribution in [2.75, 3.05) is 5.32 Å². The molecule has 49 heavy (non-hydrogen) atoms. The van der Waals surface area contributed by atoms with Crippen molar-refractivity contribution in [2.24, 2.45) is 11.7 Å². The Morgan fingerprint density at radius 3 is 2.45 bits per heavy atom. The summed E-state index contributed by atoms with van der Waals surface area (Å²) in [6, 6.07) is 3.02. The number of rotatable bonds is 8. The van der Waals surface area contributed by atoms with Gasteiger partial charge in [0, 0.05) is 29.0 Å². The topological polar surface area (TPSA) is 266 Å². The number of nitrogens with one attached hydrogen (secondary N) is 5. The van der Waals surface area contributed by atoms with Crippen LogP contribution < -0.4 is 32.3 Å². The van der Waals surface area contributed by atoms with Gasteiger partial charge in [-0.15, -0.1) is 0 Å². The number of aliphatic hydroxyl groups excluding tert-OH is 1. The fraction of sp³-hybridized carbons (Fsp3) is 0.364. The van der Waals surface area contributed by atoms with Crippen LogP contribution in [0, 0.1) is 5.92 Å². The molecule has 0 saturated carbocycles. The normalized spacial score (nSPS) is 24.3. The number of allylic oxidation sites excluding steroid dienone is 1. The van der Waals surface area contributed by atoms with Crippen LogP contribution in [0.15, 0.2) is 48.7 Å². The number of para-hydroxylation sites is 1. The molecule has 0 saturated heterocycles. The van der Waals surface area contributed by atoms with Gasteiger partial charge in [0.15, 0.2) is 5.60 Å². The fourth-order valence-corrected chi connectivity index (χ4v) is 5.58. The number of ketones is 1. The molecule has 6 bridgehead atoms. The van der Waals surface area contributed by atoms with Crippen LogP contribution in [0.5, 0.6) is 5.75 Å². The molecule has 0 spiro atoms. The Morgan fingerprint density at radius 1 is 1.08 bits per heavy atom. The average molecular weight is 679 g/mol. The van der Waals surface area contributed by atoms with E-state index >= 15 is 0 Å². The van der Waals surface area contributed by atoms with Gasteiger partial charge in [0.05, 0.1) is 12.1 Å². The van der Waals surface area contributed by atoms with Gasteiger partial charge in [-0.3, -0.25) is 33.6 Å². The van der Waals surface area contributed by atoms with E-state index in [0.29, 0.717) is 12.0 Å². The van der Waals surface area contributed by atoms with E-state index in [1.54, 1.807) is 13.8 Å². The minimum Gasteiger partial charge on any atom is -0.507 e. The number of aromatic hydroxyl groups is 1. The maximum Gasteiger partial charge on any atom is 0.288 e. The van der Waals surface area contributed by atoms with Crippen molar-refractivity contribution >= 4 is 46.9 Å². The zero-order valence-corrected chi connectivity index (χ0v) is 26.9. The summed E-state index contributed by atoms with van der Waals surface area (Å²) >= 11 is 0. The predicted octanol–water partition coefficient (Wildman–Crippen LogP) is -1.29. The van der Waals surface area contributed by atoms with E-state index in [4.69, 9.17) is 5.73 Å². The van der Waals surface area contributed by atoms with E-state index in [-0.39, 0.29) is 34.5 Å². The van der Waals surface area contributed by atoms with Crippen LogP contribution in [-0.2, 0) is 45.6 Å². The standard InChI is InChI=1S/C33H38N6O10/c1-4-11-35-30(46)25-27(43)33(49)19-8-6-7-17(24(19)39-32(33)48)18-12-16(9-10-22(18)40)13-20(37-31(47)26(42)15(3)5-2)28(44)36-21(14-23(34)41)29(45)38-25/h4,6-12,15,20-21,25,27,40,43,49H,5,13-14H2,1-3H3,(H2,34,41)(H,35,46)(H,36,44)(H,37,47)(H,38,45)(H,39,48)/t15-,20-,21+,25-,27+,33-/m0/s1. The summed E-state index contributed by atoms with van der Waals surface area (Å²) in [6.07, 6.45) is -0.553. The largest absolute Gasteiger partial charge is 0.507 e. The van der Waals surface area contributed by atoms with Gasteiger partial charge in [0.25, 0.3) is 11.8 Å². The number of hydrogen-bond acceptors (Lipinski definition) is 10. The summed E-state index contributed by atoms with van der Waals surface area (Å²) in [7, 11) is 0. The lowest BCUT2D eigenvalue weighted by Crippen LogP contribution is -2.64. The lowest BCUT2D eigenvalue weighted by atomic mass is 9.83. The van der Waals surface area contributed by atoms with Crippen molar-refractivity contribution < 1.29 is 48.9 Å². The quantitative estimate of drug-likeness (QED) is 0.149. The van der Waals surface area contributed by atoms with E-state index in [1.807, 2.05) is 0 Å². The molecule has 2 aliphatic heterocycles. The van der Waals surface area contributed by atoms with E-state index in [2.05, 4.69) is 26.6 Å². The maximum absolute atomic E-state index is 13.7. The third-order valence-corrected chi connectivity index (χ3v) is 8.51. The molecule has 260 valence electrons. The van der Waals surface area contributed by atoms with Gasteiger partial charge in [0.1, 0.15) is 30.0 Å². The van der Waals surface area contributed by atoms with Crippen LogP contribution >= 0.6 is 0 Å². The number of Topliss-reactive ketones (excluding diaryl/α,β-unsaturated/α-hetero) is 1. The second kappa shape index (κ2) is 14.7. The first-order chi connectivity index (χ1) is 23.1. The highest BCUT2D eigenvalue weighted by molar-refractivity contribution is 6.37. The number of nitrogens with two attached hydrogens (primary N) is 1. The summed E-state index contributed by atoms with van der Waals surface area (Å²) in [4.78, 5) is 91.8. The fourth-order valence-electron chi connectivity index (χ4n) is 5.58. The Balaban J connectivity index is 1.93. The molecule has 0 radical (unpaired) electrons. The van der Waals surface area contributed by atoms with Crippen molar-refractivity contribution in [3.8, 4) is 16.9 Å². The molecular formula is C33H38N6O10. The number of hydrogen-bond donors (Lipinski definition) is 9. The Kier molecular flexibility index (Phi) is 10.8. The van der Waals surface area contributed by atoms with E-state index in [0.717, 1.165) is 6.20 Å². The van der Waals surface area contributed by atoms with Crippen LogP contribution in [0.4, 0.5) is 5.69 Å². The van der Waals surface area contributed by atoms with Crippen LogP contribution in [0.25, 0.3) is 11.1 Å². The Hall–Kier alpha value is -5.61. The lowest BCUT2D eigenvalue weighted by molar-refractivity contribution is -0.155. The molecule has 0 aromatic heterocycles. The average Bonchev–Trinajstić information content (AvgIpc) is 3.34. The smallest absolute Gasteiger partial charge is 0.288 e. The second-order valence-electron chi connectivity index (χ2n) is 11.9. The lowest BCUT2D eigenvalue weighted by Gasteiger charge is -2.33. The van der Waals surface area contributed by atoms with Crippen molar-refractivity contribution in [3.05, 3.63) is 59.8 Å². The molecular weight excluding hydrogens is 640 g/mol. The number of fused-ring (bicyclic) bond motifs is 3. The van der Waals surface area contributed by atoms with E-state index < -0.39 is 83.4 Å². The third-order valence-electron chi connectivity index (χ3n) is 8.51. The zero-order valence-electron chi connectivity index (χ0n) is 26.9. The van der Waals surface area contributed by atoms with Crippen molar-refractivity contribution in [2.45, 2.75) is 69.9 Å². The Bertz CT molecular complexity index is 1740. The van der Waals surface area contributed by atoms with E-state index in [1.165, 1.54) is 49.4 Å². The van der Waals surface area contributed by atoms with E-state index in [9.17, 15) is 48.9 Å². The van der Waals surface area contributed by atoms with Gasteiger partial charge < -0.3 is 47.6 Å². The molecule has 0 fully saturated rings. The summed E-state index contributed by atoms with van der Waals surface area (Å²) in [5.41, 5.74) is 2.95. The molecule has 10 N–H and O–H groups in total. The second-order valence-corrected chi connectivity index (χ2v) is 11.9. The van der Waals surface area contributed by atoms with Crippen LogP contribution in [0.3, 0.4) is 0 Å². The monoisotopic (exact) mass is 678 g/mol. The molecule has 0 unspecified atom stereocenters. The highest BCUT2D eigenvalue weighted by atomic mass is 16.4. The number of anilines is 1. The summed E-state index contributed by atoms with van der Waals surface area (Å²) in [6.45, 7) is 4.79. The first kappa shape index (κ1) is 36.2. The number of carbonyl (C=O) groups excluding carboxylic acids is 7. The molecule has 16 nitrogen and oxygen atoms in total. The van der Waals surface area contributed by atoms with Gasteiger partial charge in [0.2, 0.25) is 29.4 Å². The maximum atomic E-state index is 13.7. The number of benzene rings is 2. The highest BCUT2D eigenvalue weighted by Gasteiger charge is 2.56. The number of aliphatic hydroxyl groups is 2. The summed E-state index contributed by atoms with van der Waals surface area (Å²) in [5.74, 6) is -8.38. The molecule has 16 heteroatoms. The molecule has 2 aliphatic rings. The van der Waals surface area contributed by atoms with Crippen molar-refractivity contribution in [1.82, 2.24) is 21.3 Å². The Morgan fingerprint density at radius 2 is 1.80 bits per heavy atom. The molecule has 2 aromatic rings. The van der Waals surface area contributed by atoms with Gasteiger partial charge >= 0.3 is 0 Å². The van der Waals surface area contributed by atoms with Gasteiger partial charge in [-0.2, -0.15) is 0 Å². The van der Waals surface area contributed by atoms with Gasteiger partial charge in [-0.25, -0.2) is 0 Å². The highest BCUT2D eigenvalue weighted by Crippen LogP contribution is 2.46. The van der Waals surface area contributed by atoms with Crippen LogP contribution in [0.1, 0.15) is 44.7 Å². The van der Waals surface area contributed by atoms with Crippen LogP contribution in [0.2, 0.25) is 0 Å². The number of primary amides is 1. The minimum atomic E-state index is -2.83. The first-order valence-electron chi connectivity index (χ1n) is 15.5. The number of carbonyl (C=O) groups is 7. The Labute approximate surface area is 280 Å². The van der Waals surface area contributed by atoms with Crippen molar-refractivity contribution in [1.29, 1.82) is 0 Å². The number of phenolic OH excluding ortho intramolecular Hbond substituents is 1. The minimum absolute atomic E-state index is 0.0270. The molecule has 6 amide bonds.